The monoisotopic (exact) mass is 230 g/mol. The van der Waals surface area contributed by atoms with Gasteiger partial charge in [0, 0.05) is 26.2 Å². The normalized spacial score (nSPS) is 20.9. The second-order valence-electron chi connectivity index (χ2n) is 4.66. The second-order valence-corrected chi connectivity index (χ2v) is 4.66. The summed E-state index contributed by atoms with van der Waals surface area (Å²) in [5, 5.41) is 8.84. The van der Waals surface area contributed by atoms with Gasteiger partial charge < -0.3 is 14.7 Å². The third-order valence-corrected chi connectivity index (χ3v) is 2.76. The molecule has 1 N–H and O–H groups in total. The van der Waals surface area contributed by atoms with Crippen LogP contribution in [0.2, 0.25) is 0 Å². The minimum Gasteiger partial charge on any atom is -0.480 e. The zero-order valence-electron chi connectivity index (χ0n) is 10.2. The van der Waals surface area contributed by atoms with E-state index in [4.69, 9.17) is 9.84 Å². The molecular formula is C11H22N2O3. The molecule has 1 unspecified atom stereocenters. The van der Waals surface area contributed by atoms with E-state index in [2.05, 4.69) is 4.90 Å². The van der Waals surface area contributed by atoms with Gasteiger partial charge in [-0.1, -0.05) is 0 Å². The number of ether oxygens (including phenoxy) is 1. The van der Waals surface area contributed by atoms with Crippen LogP contribution in [0.4, 0.5) is 0 Å². The molecule has 0 amide bonds. The van der Waals surface area contributed by atoms with Crippen molar-refractivity contribution in [2.45, 2.75) is 6.42 Å². The molecule has 5 nitrogen and oxygen atoms in total. The number of carboxylic acids is 1. The number of nitrogens with zero attached hydrogens (tertiary/aromatic N) is 2. The van der Waals surface area contributed by atoms with Crippen molar-refractivity contribution in [3.05, 3.63) is 0 Å². The van der Waals surface area contributed by atoms with Crippen LogP contribution < -0.4 is 0 Å². The molecule has 1 rings (SSSR count). The minimum absolute atomic E-state index is 0.129. The second kappa shape index (κ2) is 6.83. The van der Waals surface area contributed by atoms with Crippen LogP contribution in [0, 0.1) is 5.92 Å². The van der Waals surface area contributed by atoms with Gasteiger partial charge in [-0.25, -0.2) is 0 Å². The van der Waals surface area contributed by atoms with E-state index in [1.165, 1.54) is 0 Å². The van der Waals surface area contributed by atoms with Crippen molar-refractivity contribution in [2.24, 2.45) is 5.92 Å². The third kappa shape index (κ3) is 5.44. The molecule has 0 spiro atoms. The fourth-order valence-corrected chi connectivity index (χ4v) is 1.86. The number of aliphatic carboxylic acids is 1. The van der Waals surface area contributed by atoms with Crippen LogP contribution in [0.3, 0.4) is 0 Å². The van der Waals surface area contributed by atoms with Crippen molar-refractivity contribution in [3.8, 4) is 0 Å². The minimum atomic E-state index is -0.752. The van der Waals surface area contributed by atoms with Gasteiger partial charge in [0.25, 0.3) is 0 Å². The van der Waals surface area contributed by atoms with Gasteiger partial charge in [-0.3, -0.25) is 9.69 Å². The first-order valence-electron chi connectivity index (χ1n) is 5.74. The van der Waals surface area contributed by atoms with Gasteiger partial charge in [0.05, 0.1) is 13.2 Å². The predicted molar refractivity (Wildman–Crippen MR) is 61.6 cm³/mol. The number of carbonyl (C=O) groups is 1. The third-order valence-electron chi connectivity index (χ3n) is 2.76. The molecule has 1 aliphatic heterocycles. The summed E-state index contributed by atoms with van der Waals surface area (Å²) in [6.45, 7) is 4.25. The summed E-state index contributed by atoms with van der Waals surface area (Å²) in [5.41, 5.74) is 0. The average molecular weight is 230 g/mol. The van der Waals surface area contributed by atoms with E-state index < -0.39 is 5.97 Å². The van der Waals surface area contributed by atoms with Gasteiger partial charge in [0.15, 0.2) is 0 Å². The first-order valence-corrected chi connectivity index (χ1v) is 5.74. The van der Waals surface area contributed by atoms with Crippen LogP contribution in [0.5, 0.6) is 0 Å². The number of likely N-dealkylation sites (N-methyl/N-ethyl adjacent to an activating group) is 1. The first kappa shape index (κ1) is 13.4. The number of hydrogen-bond donors (Lipinski definition) is 1. The summed E-state index contributed by atoms with van der Waals surface area (Å²) in [6.07, 6.45) is 1.05. The van der Waals surface area contributed by atoms with Gasteiger partial charge in [-0.2, -0.15) is 0 Å². The Morgan fingerprint density at radius 1 is 1.44 bits per heavy atom. The van der Waals surface area contributed by atoms with Crippen LogP contribution in [0.15, 0.2) is 0 Å². The van der Waals surface area contributed by atoms with Gasteiger partial charge in [0.2, 0.25) is 0 Å². The summed E-state index contributed by atoms with van der Waals surface area (Å²) in [4.78, 5) is 14.8. The largest absolute Gasteiger partial charge is 0.480 e. The van der Waals surface area contributed by atoms with Crippen molar-refractivity contribution in [1.29, 1.82) is 0 Å². The summed E-state index contributed by atoms with van der Waals surface area (Å²) in [7, 11) is 4.00. The molecule has 16 heavy (non-hydrogen) atoms. The molecular weight excluding hydrogens is 208 g/mol. The molecule has 0 aliphatic carbocycles. The van der Waals surface area contributed by atoms with Crippen LogP contribution >= 0.6 is 0 Å². The molecule has 0 saturated carbocycles. The van der Waals surface area contributed by atoms with Gasteiger partial charge in [-0.15, -0.1) is 0 Å². The zero-order valence-corrected chi connectivity index (χ0v) is 10.2. The van der Waals surface area contributed by atoms with E-state index in [9.17, 15) is 4.79 Å². The van der Waals surface area contributed by atoms with E-state index in [0.29, 0.717) is 5.92 Å². The maximum atomic E-state index is 10.7. The molecule has 1 fully saturated rings. The van der Waals surface area contributed by atoms with Gasteiger partial charge in [-0.05, 0) is 26.4 Å². The molecule has 1 aliphatic rings. The Kier molecular flexibility index (Phi) is 5.73. The van der Waals surface area contributed by atoms with Crippen molar-refractivity contribution in [3.63, 3.8) is 0 Å². The van der Waals surface area contributed by atoms with E-state index in [-0.39, 0.29) is 6.54 Å². The quantitative estimate of drug-likeness (QED) is 0.665. The molecule has 1 saturated heterocycles. The van der Waals surface area contributed by atoms with E-state index >= 15 is 0 Å². The van der Waals surface area contributed by atoms with Crippen LogP contribution in [0.1, 0.15) is 6.42 Å². The molecule has 0 aromatic rings. The van der Waals surface area contributed by atoms with Crippen LogP contribution in [0.25, 0.3) is 0 Å². The maximum absolute atomic E-state index is 10.7. The molecule has 94 valence electrons. The summed E-state index contributed by atoms with van der Waals surface area (Å²) in [5.74, 6) is -0.251. The van der Waals surface area contributed by atoms with E-state index in [0.717, 1.165) is 39.3 Å². The first-order chi connectivity index (χ1) is 7.58. The highest BCUT2D eigenvalue weighted by molar-refractivity contribution is 5.69. The van der Waals surface area contributed by atoms with Crippen LogP contribution in [-0.2, 0) is 9.53 Å². The number of rotatable bonds is 7. The Bertz CT molecular complexity index is 215. The fraction of sp³-hybridized carbons (Fsp3) is 0.909. The van der Waals surface area contributed by atoms with E-state index in [1.807, 2.05) is 19.0 Å². The van der Waals surface area contributed by atoms with Gasteiger partial charge >= 0.3 is 5.97 Å². The van der Waals surface area contributed by atoms with Crippen molar-refractivity contribution in [1.82, 2.24) is 9.80 Å². The molecule has 0 aromatic heterocycles. The molecule has 5 heteroatoms. The Morgan fingerprint density at radius 3 is 2.69 bits per heavy atom. The molecule has 0 aromatic carbocycles. The Hall–Kier alpha value is -0.650. The number of carboxylic acid groups (broad SMARTS) is 1. The zero-order chi connectivity index (χ0) is 12.0. The van der Waals surface area contributed by atoms with Crippen molar-refractivity contribution >= 4 is 5.97 Å². The Labute approximate surface area is 97.0 Å². The molecule has 0 bridgehead atoms. The lowest BCUT2D eigenvalue weighted by molar-refractivity contribution is -0.138. The lowest BCUT2D eigenvalue weighted by Crippen LogP contribution is -2.38. The summed E-state index contributed by atoms with van der Waals surface area (Å²) >= 11 is 0. The highest BCUT2D eigenvalue weighted by Gasteiger charge is 2.20. The highest BCUT2D eigenvalue weighted by atomic mass is 16.5. The Morgan fingerprint density at radius 2 is 2.19 bits per heavy atom. The lowest BCUT2D eigenvalue weighted by Gasteiger charge is -2.24. The molecule has 0 radical (unpaired) electrons. The van der Waals surface area contributed by atoms with Crippen molar-refractivity contribution in [2.75, 3.05) is 53.5 Å². The lowest BCUT2D eigenvalue weighted by atomic mass is 10.1. The molecule has 1 heterocycles. The topological polar surface area (TPSA) is 53.0 Å². The SMILES string of the molecule is CN(C)CCN(CC(=O)O)CC1CCOC1. The maximum Gasteiger partial charge on any atom is 0.317 e. The highest BCUT2D eigenvalue weighted by Crippen LogP contribution is 2.13. The number of hydrogen-bond acceptors (Lipinski definition) is 4. The molecule has 1 atom stereocenters. The average Bonchev–Trinajstić information content (AvgIpc) is 2.66. The van der Waals surface area contributed by atoms with Gasteiger partial charge in [0.1, 0.15) is 0 Å². The fourth-order valence-electron chi connectivity index (χ4n) is 1.86. The van der Waals surface area contributed by atoms with E-state index in [1.54, 1.807) is 0 Å². The standard InChI is InChI=1S/C11H22N2O3/c1-12(2)4-5-13(8-11(14)15)7-10-3-6-16-9-10/h10H,3-9H2,1-2H3,(H,14,15). The summed E-state index contributed by atoms with van der Waals surface area (Å²) in [6, 6.07) is 0. The smallest absolute Gasteiger partial charge is 0.317 e. The van der Waals surface area contributed by atoms with Crippen LogP contribution in [-0.4, -0.2) is 74.4 Å². The van der Waals surface area contributed by atoms with Crippen molar-refractivity contribution < 1.29 is 14.6 Å². The Balaban J connectivity index is 2.32. The summed E-state index contributed by atoms with van der Waals surface area (Å²) < 4.78 is 5.30. The predicted octanol–water partition coefficient (Wildman–Crippen LogP) is -0.0289.